The van der Waals surface area contributed by atoms with Crippen molar-refractivity contribution in [1.29, 1.82) is 0 Å². The van der Waals surface area contributed by atoms with Crippen LogP contribution in [0.2, 0.25) is 5.02 Å². The summed E-state index contributed by atoms with van der Waals surface area (Å²) in [5, 5.41) is 1.74. The summed E-state index contributed by atoms with van der Waals surface area (Å²) < 4.78 is 16.5. The zero-order chi connectivity index (χ0) is 32.9. The maximum atomic E-state index is 14.5. The molecular formula is C36H33BrClN3O4S. The molecule has 0 radical (unpaired) electrons. The smallest absolute Gasteiger partial charge is 0.338 e. The van der Waals surface area contributed by atoms with Crippen molar-refractivity contribution in [3.05, 3.63) is 129 Å². The lowest BCUT2D eigenvalue weighted by molar-refractivity contribution is -0.136. The van der Waals surface area contributed by atoms with E-state index in [-0.39, 0.29) is 17.2 Å². The first kappa shape index (κ1) is 32.0. The third-order valence-electron chi connectivity index (χ3n) is 8.15. The van der Waals surface area contributed by atoms with E-state index in [0.717, 1.165) is 37.8 Å². The number of rotatable bonds is 7. The summed E-state index contributed by atoms with van der Waals surface area (Å²) >= 11 is 11.4. The fraction of sp³-hybridized carbons (Fsp3) is 0.250. The van der Waals surface area contributed by atoms with Gasteiger partial charge in [0.05, 0.1) is 29.0 Å². The van der Waals surface area contributed by atoms with Gasteiger partial charge in [-0.05, 0) is 82.7 Å². The molecule has 5 aromatic rings. The molecule has 0 N–H and O–H groups in total. The first-order chi connectivity index (χ1) is 22.0. The number of benzene rings is 3. The van der Waals surface area contributed by atoms with E-state index in [0.29, 0.717) is 37.9 Å². The van der Waals surface area contributed by atoms with Gasteiger partial charge in [0.2, 0.25) is 0 Å². The van der Waals surface area contributed by atoms with Crippen molar-refractivity contribution in [2.24, 2.45) is 4.99 Å². The van der Waals surface area contributed by atoms with Gasteiger partial charge in [-0.15, -0.1) is 0 Å². The number of fused-ring (bicyclic) bond motifs is 2. The number of hydrogen-bond acceptors (Lipinski definition) is 6. The lowest BCUT2D eigenvalue weighted by Crippen LogP contribution is -2.40. The zero-order valence-electron chi connectivity index (χ0n) is 26.4. The summed E-state index contributed by atoms with van der Waals surface area (Å²) in [6.07, 6.45) is 1.82. The molecule has 6 rings (SSSR count). The summed E-state index contributed by atoms with van der Waals surface area (Å²) in [5.74, 6) is 0.0211. The first-order valence-electron chi connectivity index (χ1n) is 14.9. The van der Waals surface area contributed by atoms with Crippen LogP contribution in [0, 0.1) is 13.8 Å². The molecule has 236 valence electrons. The van der Waals surface area contributed by atoms with Crippen molar-refractivity contribution in [3.8, 4) is 5.75 Å². The van der Waals surface area contributed by atoms with Gasteiger partial charge in [-0.2, -0.15) is 0 Å². The Kier molecular flexibility index (Phi) is 8.85. The molecule has 0 amide bonds. The van der Waals surface area contributed by atoms with Crippen molar-refractivity contribution < 1.29 is 14.3 Å². The quantitative estimate of drug-likeness (QED) is 0.167. The number of hydrogen-bond donors (Lipinski definition) is 0. The van der Waals surface area contributed by atoms with Crippen LogP contribution in [-0.4, -0.2) is 28.3 Å². The highest BCUT2D eigenvalue weighted by molar-refractivity contribution is 9.10. The lowest BCUT2D eigenvalue weighted by atomic mass is 9.95. The number of methoxy groups -OCH3 is 1. The number of carbonyl (C=O) groups excluding carboxylic acids is 1. The van der Waals surface area contributed by atoms with Crippen molar-refractivity contribution >= 4 is 61.8 Å². The first-order valence-corrected chi connectivity index (χ1v) is 16.9. The fourth-order valence-corrected chi connectivity index (χ4v) is 7.62. The van der Waals surface area contributed by atoms with Gasteiger partial charge in [0.15, 0.2) is 4.80 Å². The van der Waals surface area contributed by atoms with E-state index in [1.807, 2.05) is 62.4 Å². The Morgan fingerprint density at radius 3 is 2.59 bits per heavy atom. The van der Waals surface area contributed by atoms with Crippen LogP contribution in [0.3, 0.4) is 0 Å². The summed E-state index contributed by atoms with van der Waals surface area (Å²) in [6.45, 7) is 10.4. The van der Waals surface area contributed by atoms with E-state index in [4.69, 9.17) is 26.1 Å². The molecule has 46 heavy (non-hydrogen) atoms. The monoisotopic (exact) mass is 717 g/mol. The van der Waals surface area contributed by atoms with Gasteiger partial charge in [-0.1, -0.05) is 68.7 Å². The topological polar surface area (TPSA) is 74.8 Å². The molecule has 3 heterocycles. The van der Waals surface area contributed by atoms with Crippen molar-refractivity contribution in [3.63, 3.8) is 0 Å². The summed E-state index contributed by atoms with van der Waals surface area (Å²) in [7, 11) is 1.33. The normalized spacial score (nSPS) is 15.0. The Morgan fingerprint density at radius 2 is 1.87 bits per heavy atom. The van der Waals surface area contributed by atoms with Gasteiger partial charge >= 0.3 is 5.97 Å². The minimum Gasteiger partial charge on any atom is -0.491 e. The maximum absolute atomic E-state index is 14.5. The second kappa shape index (κ2) is 12.7. The molecule has 0 aliphatic carbocycles. The van der Waals surface area contributed by atoms with Gasteiger partial charge in [0.25, 0.3) is 5.56 Å². The molecule has 1 aliphatic rings. The third-order valence-corrected chi connectivity index (χ3v) is 9.99. The van der Waals surface area contributed by atoms with Crippen molar-refractivity contribution in [1.82, 2.24) is 9.13 Å². The van der Waals surface area contributed by atoms with Gasteiger partial charge in [0, 0.05) is 43.8 Å². The SMILES string of the molecule is COC(=O)C1=C(C)N=c2s/c(=C\c3c(C)n(Cc4ccccc4Cl)c4ccc(C)cc34)c(=O)n2[C@@H]1c1cc(Br)ccc1OC(C)C. The van der Waals surface area contributed by atoms with E-state index < -0.39 is 12.0 Å². The summed E-state index contributed by atoms with van der Waals surface area (Å²) in [6, 6.07) is 19.0. The standard InChI is InChI=1S/C36H33BrClN3O4S/c1-19(2)45-30-14-12-24(37)16-27(30)33-32(35(43)44-6)21(4)39-36-41(33)34(42)31(46-36)17-25-22(5)40(18-23-9-7-8-10-28(23)38)29-13-11-20(3)15-26(25)29/h7-17,19,33H,18H2,1-6H3/b31-17-/t33-/m1/s1. The maximum Gasteiger partial charge on any atom is 0.338 e. The number of aryl methyl sites for hydroxylation is 1. The van der Waals surface area contributed by atoms with E-state index in [1.165, 1.54) is 18.4 Å². The average molecular weight is 719 g/mol. The van der Waals surface area contributed by atoms with Crippen LogP contribution in [0.5, 0.6) is 5.75 Å². The number of esters is 1. The molecule has 1 aliphatic heterocycles. The number of nitrogens with zero attached hydrogens (tertiary/aromatic N) is 3. The average Bonchev–Trinajstić information content (AvgIpc) is 3.45. The largest absolute Gasteiger partial charge is 0.491 e. The van der Waals surface area contributed by atoms with Gasteiger partial charge < -0.3 is 14.0 Å². The van der Waals surface area contributed by atoms with E-state index in [2.05, 4.69) is 52.5 Å². The molecule has 0 fully saturated rings. The summed E-state index contributed by atoms with van der Waals surface area (Å²) in [4.78, 5) is 33.0. The highest BCUT2D eigenvalue weighted by Crippen LogP contribution is 2.38. The second-order valence-electron chi connectivity index (χ2n) is 11.6. The molecule has 1 atom stereocenters. The van der Waals surface area contributed by atoms with E-state index >= 15 is 0 Å². The van der Waals surface area contributed by atoms with Crippen LogP contribution in [-0.2, 0) is 16.1 Å². The van der Waals surface area contributed by atoms with Crippen molar-refractivity contribution in [2.75, 3.05) is 7.11 Å². The van der Waals surface area contributed by atoms with Crippen LogP contribution in [0.15, 0.2) is 86.2 Å². The fourth-order valence-electron chi connectivity index (χ4n) is 6.02. The highest BCUT2D eigenvalue weighted by atomic mass is 79.9. The Morgan fingerprint density at radius 1 is 1.11 bits per heavy atom. The highest BCUT2D eigenvalue weighted by Gasteiger charge is 2.35. The van der Waals surface area contributed by atoms with Gasteiger partial charge in [-0.3, -0.25) is 9.36 Å². The Balaban J connectivity index is 1.60. The van der Waals surface area contributed by atoms with Gasteiger partial charge in [-0.25, -0.2) is 9.79 Å². The number of thiazole rings is 1. The molecule has 2 aromatic heterocycles. The number of ether oxygens (including phenoxy) is 2. The van der Waals surface area contributed by atoms with Crippen LogP contribution in [0.4, 0.5) is 0 Å². The van der Waals surface area contributed by atoms with Crippen LogP contribution >= 0.6 is 38.9 Å². The second-order valence-corrected chi connectivity index (χ2v) is 14.0. The molecular weight excluding hydrogens is 686 g/mol. The summed E-state index contributed by atoms with van der Waals surface area (Å²) in [5.41, 5.74) is 6.31. The van der Waals surface area contributed by atoms with Crippen LogP contribution < -0.4 is 19.6 Å². The molecule has 0 spiro atoms. The third kappa shape index (κ3) is 5.76. The molecule has 0 saturated heterocycles. The van der Waals surface area contributed by atoms with E-state index in [9.17, 15) is 9.59 Å². The lowest BCUT2D eigenvalue weighted by Gasteiger charge is -2.26. The van der Waals surface area contributed by atoms with E-state index in [1.54, 1.807) is 11.5 Å². The minimum absolute atomic E-state index is 0.128. The van der Waals surface area contributed by atoms with Crippen LogP contribution in [0.25, 0.3) is 17.0 Å². The van der Waals surface area contributed by atoms with Gasteiger partial charge in [0.1, 0.15) is 11.8 Å². The van der Waals surface area contributed by atoms with Crippen LogP contribution in [0.1, 0.15) is 54.8 Å². The molecule has 0 unspecified atom stereocenters. The minimum atomic E-state index is -0.804. The molecule has 0 bridgehead atoms. The Hall–Kier alpha value is -3.92. The predicted molar refractivity (Wildman–Crippen MR) is 188 cm³/mol. The molecule has 0 saturated carbocycles. The molecule has 7 nitrogen and oxygen atoms in total. The number of allylic oxidation sites excluding steroid dienone is 1. The Bertz CT molecular complexity index is 2250. The number of halogens is 2. The molecule has 10 heteroatoms. The zero-order valence-corrected chi connectivity index (χ0v) is 29.5. The Labute approximate surface area is 284 Å². The predicted octanol–water partition coefficient (Wildman–Crippen LogP) is 7.23. The molecule has 3 aromatic carbocycles. The number of carbonyl (C=O) groups is 1. The number of aromatic nitrogens is 2. The van der Waals surface area contributed by atoms with Crippen molar-refractivity contribution in [2.45, 2.75) is 53.3 Å².